The highest BCUT2D eigenvalue weighted by molar-refractivity contribution is 7.89. The minimum absolute atomic E-state index is 0.0992. The number of carbonyl (C=O) groups excluding carboxylic acids is 2. The van der Waals surface area contributed by atoms with E-state index in [1.165, 1.54) is 18.4 Å². The van der Waals surface area contributed by atoms with Gasteiger partial charge in [-0.25, -0.2) is 8.42 Å². The van der Waals surface area contributed by atoms with Gasteiger partial charge in [-0.15, -0.1) is 0 Å². The van der Waals surface area contributed by atoms with Crippen molar-refractivity contribution in [3.8, 4) is 0 Å². The largest absolute Gasteiger partial charge is 0.352 e. The summed E-state index contributed by atoms with van der Waals surface area (Å²) in [6.07, 6.45) is 5.17. The smallest absolute Gasteiger partial charge is 0.243 e. The molecule has 1 aliphatic rings. The molecule has 0 unspecified atom stereocenters. The number of fused-ring (bicyclic) bond motifs is 1. The van der Waals surface area contributed by atoms with E-state index in [2.05, 4.69) is 5.32 Å². The SMILES string of the molecule is C[C@@H](C(=O)NC1CCCCC1)N(Cc1ccc(Cl)cc1)C(=O)CN(C)S(=O)(=O)c1ccc2ccccc2c1. The van der Waals surface area contributed by atoms with Crippen molar-refractivity contribution in [1.29, 1.82) is 0 Å². The molecule has 7 nitrogen and oxygen atoms in total. The fraction of sp³-hybridized carbons (Fsp3) is 0.379. The van der Waals surface area contributed by atoms with Crippen LogP contribution in [0.1, 0.15) is 44.6 Å². The van der Waals surface area contributed by atoms with E-state index in [9.17, 15) is 18.0 Å². The first-order valence-corrected chi connectivity index (χ1v) is 14.8. The lowest BCUT2D eigenvalue weighted by atomic mass is 9.95. The Bertz CT molecular complexity index is 1390. The highest BCUT2D eigenvalue weighted by Crippen LogP contribution is 2.22. The number of nitrogens with one attached hydrogen (secondary N) is 1. The third kappa shape index (κ3) is 6.73. The quantitative estimate of drug-likeness (QED) is 0.403. The molecule has 1 N–H and O–H groups in total. The number of sulfonamides is 1. The first-order valence-electron chi connectivity index (χ1n) is 12.9. The van der Waals surface area contributed by atoms with Crippen LogP contribution < -0.4 is 5.32 Å². The molecule has 0 spiro atoms. The van der Waals surface area contributed by atoms with Crippen LogP contribution in [0.15, 0.2) is 71.6 Å². The zero-order valence-corrected chi connectivity index (χ0v) is 23.3. The molecule has 202 valence electrons. The molecule has 1 fully saturated rings. The molecular formula is C29H34ClN3O4S. The molecule has 0 aromatic heterocycles. The van der Waals surface area contributed by atoms with E-state index in [4.69, 9.17) is 11.6 Å². The van der Waals surface area contributed by atoms with E-state index >= 15 is 0 Å². The van der Waals surface area contributed by atoms with Crippen molar-refractivity contribution in [1.82, 2.24) is 14.5 Å². The Morgan fingerprint density at radius 2 is 1.63 bits per heavy atom. The Morgan fingerprint density at radius 1 is 0.974 bits per heavy atom. The van der Waals surface area contributed by atoms with Crippen LogP contribution in [-0.4, -0.2) is 55.1 Å². The molecule has 4 rings (SSSR count). The normalized spacial score (nSPS) is 15.4. The molecule has 3 aromatic rings. The van der Waals surface area contributed by atoms with E-state index < -0.39 is 28.5 Å². The Balaban J connectivity index is 1.53. The molecule has 0 heterocycles. The molecule has 2 amide bonds. The van der Waals surface area contributed by atoms with Gasteiger partial charge in [0.25, 0.3) is 0 Å². The van der Waals surface area contributed by atoms with Gasteiger partial charge in [-0.3, -0.25) is 9.59 Å². The topological polar surface area (TPSA) is 86.8 Å². The summed E-state index contributed by atoms with van der Waals surface area (Å²) in [4.78, 5) is 28.3. The molecule has 0 saturated heterocycles. The van der Waals surface area contributed by atoms with Crippen LogP contribution in [0.25, 0.3) is 10.8 Å². The summed E-state index contributed by atoms with van der Waals surface area (Å²) in [5.74, 6) is -0.697. The zero-order valence-electron chi connectivity index (χ0n) is 21.8. The molecule has 1 aliphatic carbocycles. The molecule has 0 radical (unpaired) electrons. The van der Waals surface area contributed by atoms with Crippen molar-refractivity contribution < 1.29 is 18.0 Å². The van der Waals surface area contributed by atoms with Gasteiger partial charge in [-0.1, -0.05) is 73.3 Å². The molecule has 0 bridgehead atoms. The summed E-state index contributed by atoms with van der Waals surface area (Å²) in [5, 5.41) is 5.38. The minimum atomic E-state index is -3.94. The van der Waals surface area contributed by atoms with Crippen molar-refractivity contribution in [2.45, 2.75) is 62.6 Å². The molecular weight excluding hydrogens is 522 g/mol. The summed E-state index contributed by atoms with van der Waals surface area (Å²) >= 11 is 6.03. The van der Waals surface area contributed by atoms with Gasteiger partial charge in [0.1, 0.15) is 6.04 Å². The van der Waals surface area contributed by atoms with Crippen LogP contribution in [0.2, 0.25) is 5.02 Å². The average molecular weight is 556 g/mol. The van der Waals surface area contributed by atoms with Crippen LogP contribution in [0.5, 0.6) is 0 Å². The van der Waals surface area contributed by atoms with Crippen molar-refractivity contribution in [3.05, 3.63) is 77.3 Å². The average Bonchev–Trinajstić information content (AvgIpc) is 2.92. The summed E-state index contributed by atoms with van der Waals surface area (Å²) < 4.78 is 27.8. The van der Waals surface area contributed by atoms with Crippen LogP contribution >= 0.6 is 11.6 Å². The molecule has 1 saturated carbocycles. The van der Waals surface area contributed by atoms with Gasteiger partial charge in [-0.2, -0.15) is 4.31 Å². The zero-order chi connectivity index (χ0) is 27.3. The second-order valence-corrected chi connectivity index (χ2v) is 12.4. The fourth-order valence-corrected chi connectivity index (χ4v) is 6.09. The summed E-state index contributed by atoms with van der Waals surface area (Å²) in [7, 11) is -2.55. The van der Waals surface area contributed by atoms with E-state index in [-0.39, 0.29) is 23.4 Å². The predicted octanol–water partition coefficient (Wildman–Crippen LogP) is 4.98. The first kappa shape index (κ1) is 28.1. The maximum atomic E-state index is 13.6. The number of benzene rings is 3. The number of amides is 2. The molecule has 38 heavy (non-hydrogen) atoms. The maximum Gasteiger partial charge on any atom is 0.243 e. The van der Waals surface area contributed by atoms with Gasteiger partial charge in [-0.05, 0) is 60.4 Å². The lowest BCUT2D eigenvalue weighted by molar-refractivity contribution is -0.141. The van der Waals surface area contributed by atoms with E-state index in [1.807, 2.05) is 24.3 Å². The summed E-state index contributed by atoms with van der Waals surface area (Å²) in [5.41, 5.74) is 0.792. The van der Waals surface area contributed by atoms with Crippen molar-refractivity contribution in [2.75, 3.05) is 13.6 Å². The number of likely N-dealkylation sites (N-methyl/N-ethyl adjacent to an activating group) is 1. The molecule has 3 aromatic carbocycles. The lowest BCUT2D eigenvalue weighted by Crippen LogP contribution is -2.52. The summed E-state index contributed by atoms with van der Waals surface area (Å²) in [6, 6.07) is 18.8. The van der Waals surface area contributed by atoms with Gasteiger partial charge in [0.2, 0.25) is 21.8 Å². The summed E-state index contributed by atoms with van der Waals surface area (Å²) in [6.45, 7) is 1.44. The van der Waals surface area contributed by atoms with Gasteiger partial charge in [0.05, 0.1) is 11.4 Å². The second kappa shape index (κ2) is 12.3. The highest BCUT2D eigenvalue weighted by atomic mass is 35.5. The molecule has 0 aliphatic heterocycles. The Hall–Kier alpha value is -2.94. The van der Waals surface area contributed by atoms with Gasteiger partial charge in [0, 0.05) is 24.7 Å². The number of rotatable bonds is 9. The third-order valence-electron chi connectivity index (χ3n) is 7.17. The van der Waals surface area contributed by atoms with Gasteiger partial charge in [0.15, 0.2) is 0 Å². The second-order valence-electron chi connectivity index (χ2n) is 9.94. The lowest BCUT2D eigenvalue weighted by Gasteiger charge is -2.32. The number of hydrogen-bond donors (Lipinski definition) is 1. The number of hydrogen-bond acceptors (Lipinski definition) is 4. The van der Waals surface area contributed by atoms with E-state index in [0.29, 0.717) is 5.02 Å². The van der Waals surface area contributed by atoms with Crippen LogP contribution in [0, 0.1) is 0 Å². The van der Waals surface area contributed by atoms with E-state index in [0.717, 1.165) is 46.3 Å². The standard InChI is InChI=1S/C29H34ClN3O4S/c1-21(29(35)31-26-10-4-3-5-11-26)33(19-22-12-15-25(30)16-13-22)28(34)20-32(2)38(36,37)27-17-14-23-8-6-7-9-24(23)18-27/h6-9,12-18,21,26H,3-5,10-11,19-20H2,1-2H3,(H,31,35)/t21-/m0/s1. The van der Waals surface area contributed by atoms with Crippen LogP contribution in [0.4, 0.5) is 0 Å². The first-order chi connectivity index (χ1) is 18.1. The van der Waals surface area contributed by atoms with Crippen molar-refractivity contribution >= 4 is 44.2 Å². The predicted molar refractivity (Wildman–Crippen MR) is 150 cm³/mol. The Morgan fingerprint density at radius 3 is 2.32 bits per heavy atom. The minimum Gasteiger partial charge on any atom is -0.352 e. The fourth-order valence-electron chi connectivity index (χ4n) is 4.81. The highest BCUT2D eigenvalue weighted by Gasteiger charge is 2.31. The van der Waals surface area contributed by atoms with Crippen LogP contribution in [-0.2, 0) is 26.2 Å². The van der Waals surface area contributed by atoms with Gasteiger partial charge < -0.3 is 10.2 Å². The number of halogens is 1. The van der Waals surface area contributed by atoms with Crippen LogP contribution in [0.3, 0.4) is 0 Å². The third-order valence-corrected chi connectivity index (χ3v) is 9.22. The molecule has 9 heteroatoms. The van der Waals surface area contributed by atoms with Crippen molar-refractivity contribution in [3.63, 3.8) is 0 Å². The number of carbonyl (C=O) groups is 2. The van der Waals surface area contributed by atoms with Crippen molar-refractivity contribution in [2.24, 2.45) is 0 Å². The van der Waals surface area contributed by atoms with Gasteiger partial charge >= 0.3 is 0 Å². The Kier molecular flexibility index (Phi) is 9.07. The Labute approximate surface area is 229 Å². The maximum absolute atomic E-state index is 13.6. The van der Waals surface area contributed by atoms with E-state index in [1.54, 1.807) is 49.4 Å². The monoisotopic (exact) mass is 555 g/mol. The molecule has 1 atom stereocenters. The number of nitrogens with zero attached hydrogens (tertiary/aromatic N) is 2.